The Bertz CT molecular complexity index is 472. The third-order valence-corrected chi connectivity index (χ3v) is 4.36. The molecule has 10 heteroatoms. The second kappa shape index (κ2) is 7.60. The molecule has 1 unspecified atom stereocenters. The molecule has 0 aliphatic carbocycles. The topological polar surface area (TPSA) is 113 Å². The van der Waals surface area contributed by atoms with Crippen molar-refractivity contribution >= 4 is 15.7 Å². The van der Waals surface area contributed by atoms with Gasteiger partial charge in [0.2, 0.25) is 0 Å². The number of aliphatic hydroxyl groups excluding tert-OH is 1. The summed E-state index contributed by atoms with van der Waals surface area (Å²) in [5, 5.41) is 8.81. The van der Waals surface area contributed by atoms with E-state index in [0.717, 1.165) is 0 Å². The molecule has 0 fully saturated rings. The average molecular weight is 348 g/mol. The summed E-state index contributed by atoms with van der Waals surface area (Å²) in [6.45, 7) is 4.93. The lowest BCUT2D eigenvalue weighted by atomic mass is 10.2. The first-order valence-electron chi connectivity index (χ1n) is 6.61. The molecule has 0 aromatic carbocycles. The quantitative estimate of drug-likeness (QED) is 0.602. The first-order valence-corrected chi connectivity index (χ1v) is 8.51. The Morgan fingerprint density at radius 1 is 1.27 bits per heavy atom. The molecule has 3 atom stereocenters. The van der Waals surface area contributed by atoms with E-state index >= 15 is 0 Å². The van der Waals surface area contributed by atoms with E-state index in [0.29, 0.717) is 0 Å². The molecule has 0 aliphatic heterocycles. The molecule has 0 aromatic heterocycles. The SMILES string of the molecule is CC(C)(C)OC(=O)[C@@H](N)CC[S@@](=N)(=O)CCC(O)C(F)(F)F. The normalized spacial score (nSPS) is 18.4. The Hall–Kier alpha value is -0.870. The van der Waals surface area contributed by atoms with Gasteiger partial charge in [-0.3, -0.25) is 9.57 Å². The third kappa shape index (κ3) is 9.21. The zero-order valence-corrected chi connectivity index (χ0v) is 13.6. The van der Waals surface area contributed by atoms with Gasteiger partial charge in [-0.15, -0.1) is 0 Å². The van der Waals surface area contributed by atoms with E-state index < -0.39 is 51.8 Å². The van der Waals surface area contributed by atoms with Crippen molar-refractivity contribution in [1.29, 1.82) is 4.78 Å². The summed E-state index contributed by atoms with van der Waals surface area (Å²) < 4.78 is 60.6. The van der Waals surface area contributed by atoms with E-state index in [1.165, 1.54) is 0 Å². The van der Waals surface area contributed by atoms with Crippen molar-refractivity contribution in [2.45, 2.75) is 57.5 Å². The van der Waals surface area contributed by atoms with Crippen LogP contribution < -0.4 is 5.73 Å². The molecule has 0 aromatic rings. The number of carbonyl (C=O) groups excluding carboxylic acids is 1. The predicted octanol–water partition coefficient (Wildman–Crippen LogP) is 1.41. The first kappa shape index (κ1) is 21.1. The molecule has 132 valence electrons. The molecular formula is C12H23F3N2O4S. The summed E-state index contributed by atoms with van der Waals surface area (Å²) in [4.78, 5) is 11.6. The maximum Gasteiger partial charge on any atom is 0.414 e. The third-order valence-electron chi connectivity index (χ3n) is 2.57. The van der Waals surface area contributed by atoms with Gasteiger partial charge in [0.15, 0.2) is 6.10 Å². The van der Waals surface area contributed by atoms with Crippen LogP contribution in [0.3, 0.4) is 0 Å². The maximum atomic E-state index is 12.1. The van der Waals surface area contributed by atoms with Crippen LogP contribution in [0.25, 0.3) is 0 Å². The lowest BCUT2D eigenvalue weighted by Gasteiger charge is -2.22. The minimum absolute atomic E-state index is 0.140. The van der Waals surface area contributed by atoms with Gasteiger partial charge >= 0.3 is 12.1 Å². The number of alkyl halides is 3. The Balaban J connectivity index is 4.36. The molecule has 0 spiro atoms. The van der Waals surface area contributed by atoms with Crippen LogP contribution in [0.5, 0.6) is 0 Å². The predicted molar refractivity (Wildman–Crippen MR) is 75.7 cm³/mol. The van der Waals surface area contributed by atoms with Crippen molar-refractivity contribution in [2.24, 2.45) is 5.73 Å². The fraction of sp³-hybridized carbons (Fsp3) is 0.917. The number of rotatable bonds is 7. The van der Waals surface area contributed by atoms with Crippen LogP contribution in [0, 0.1) is 4.78 Å². The van der Waals surface area contributed by atoms with Crippen molar-refractivity contribution < 1.29 is 32.0 Å². The molecule has 0 rings (SSSR count). The lowest BCUT2D eigenvalue weighted by molar-refractivity contribution is -0.203. The van der Waals surface area contributed by atoms with Gasteiger partial charge in [-0.2, -0.15) is 13.2 Å². The van der Waals surface area contributed by atoms with E-state index in [9.17, 15) is 22.2 Å². The summed E-state index contributed by atoms with van der Waals surface area (Å²) in [6.07, 6.45) is -8.38. The minimum Gasteiger partial charge on any atom is -0.459 e. The molecule has 0 saturated carbocycles. The molecule has 0 amide bonds. The molecule has 0 heterocycles. The zero-order valence-electron chi connectivity index (χ0n) is 12.8. The van der Waals surface area contributed by atoms with Gasteiger partial charge in [-0.25, -0.2) is 4.21 Å². The molecule has 4 N–H and O–H groups in total. The van der Waals surface area contributed by atoms with Gasteiger partial charge in [-0.05, 0) is 33.6 Å². The Morgan fingerprint density at radius 2 is 1.73 bits per heavy atom. The summed E-state index contributed by atoms with van der Waals surface area (Å²) in [5.74, 6) is -1.68. The smallest absolute Gasteiger partial charge is 0.414 e. The molecule has 22 heavy (non-hydrogen) atoms. The van der Waals surface area contributed by atoms with Crippen molar-refractivity contribution in [3.8, 4) is 0 Å². The Morgan fingerprint density at radius 3 is 2.14 bits per heavy atom. The van der Waals surface area contributed by atoms with Crippen LogP contribution >= 0.6 is 0 Å². The second-order valence-corrected chi connectivity index (χ2v) is 8.43. The number of nitrogens with two attached hydrogens (primary N) is 1. The summed E-state index contributed by atoms with van der Waals surface area (Å²) >= 11 is 0. The van der Waals surface area contributed by atoms with E-state index in [1.54, 1.807) is 20.8 Å². The van der Waals surface area contributed by atoms with Gasteiger partial charge in [0.25, 0.3) is 0 Å². The zero-order chi connectivity index (χ0) is 17.8. The average Bonchev–Trinajstić information content (AvgIpc) is 2.29. The number of nitrogens with one attached hydrogen (secondary N) is 1. The fourth-order valence-electron chi connectivity index (χ4n) is 1.38. The molecule has 0 saturated heterocycles. The molecular weight excluding hydrogens is 325 g/mol. The number of aliphatic hydroxyl groups is 1. The van der Waals surface area contributed by atoms with E-state index in [2.05, 4.69) is 0 Å². The van der Waals surface area contributed by atoms with Gasteiger partial charge < -0.3 is 15.6 Å². The van der Waals surface area contributed by atoms with Crippen molar-refractivity contribution in [1.82, 2.24) is 0 Å². The standard InChI is InChI=1S/C12H23F3N2O4S/c1-11(2,3)21-10(19)8(16)4-6-22(17,20)7-5-9(18)12(13,14)15/h8-9,17-18H,4-7,16H2,1-3H3/t8-,9?,22+/m0/s1. The number of hydrogen-bond acceptors (Lipinski definition) is 6. The highest BCUT2D eigenvalue weighted by atomic mass is 32.2. The first-order chi connectivity index (χ1) is 9.64. The van der Waals surface area contributed by atoms with Crippen molar-refractivity contribution in [3.05, 3.63) is 0 Å². The van der Waals surface area contributed by atoms with E-state index in [-0.39, 0.29) is 12.2 Å². The highest BCUT2D eigenvalue weighted by molar-refractivity contribution is 7.92. The number of halogens is 3. The molecule has 6 nitrogen and oxygen atoms in total. The summed E-state index contributed by atoms with van der Waals surface area (Å²) in [7, 11) is -3.36. The summed E-state index contributed by atoms with van der Waals surface area (Å²) in [6, 6.07) is -1.10. The van der Waals surface area contributed by atoms with Gasteiger partial charge in [0.1, 0.15) is 11.6 Å². The largest absolute Gasteiger partial charge is 0.459 e. The molecule has 0 bridgehead atoms. The Labute approximate surface area is 128 Å². The van der Waals surface area contributed by atoms with E-state index in [1.807, 2.05) is 0 Å². The summed E-state index contributed by atoms with van der Waals surface area (Å²) in [5.41, 5.74) is 4.80. The van der Waals surface area contributed by atoms with Crippen LogP contribution in [0.1, 0.15) is 33.6 Å². The van der Waals surface area contributed by atoms with Crippen LogP contribution in [0.2, 0.25) is 0 Å². The van der Waals surface area contributed by atoms with Crippen LogP contribution in [-0.4, -0.2) is 50.7 Å². The number of ether oxygens (including phenoxy) is 1. The minimum atomic E-state index is -4.80. The lowest BCUT2D eigenvalue weighted by Crippen LogP contribution is -2.38. The van der Waals surface area contributed by atoms with Gasteiger partial charge in [-0.1, -0.05) is 0 Å². The number of carbonyl (C=O) groups is 1. The number of esters is 1. The van der Waals surface area contributed by atoms with E-state index in [4.69, 9.17) is 20.4 Å². The highest BCUT2D eigenvalue weighted by Crippen LogP contribution is 2.22. The van der Waals surface area contributed by atoms with Crippen molar-refractivity contribution in [2.75, 3.05) is 11.5 Å². The van der Waals surface area contributed by atoms with Gasteiger partial charge in [0.05, 0.1) is 0 Å². The van der Waals surface area contributed by atoms with Crippen LogP contribution in [-0.2, 0) is 19.3 Å². The molecule has 0 aliphatic rings. The number of hydrogen-bond donors (Lipinski definition) is 3. The maximum absolute atomic E-state index is 12.1. The van der Waals surface area contributed by atoms with Crippen LogP contribution in [0.4, 0.5) is 13.2 Å². The second-order valence-electron chi connectivity index (χ2n) is 5.99. The van der Waals surface area contributed by atoms with Crippen LogP contribution in [0.15, 0.2) is 0 Å². The monoisotopic (exact) mass is 348 g/mol. The van der Waals surface area contributed by atoms with Gasteiger partial charge in [0, 0.05) is 21.2 Å². The highest BCUT2D eigenvalue weighted by Gasteiger charge is 2.38. The molecule has 0 radical (unpaired) electrons. The Kier molecular flexibility index (Phi) is 7.30. The fourth-order valence-corrected chi connectivity index (χ4v) is 2.82. The van der Waals surface area contributed by atoms with Crippen molar-refractivity contribution in [3.63, 3.8) is 0 Å².